The van der Waals surface area contributed by atoms with Crippen molar-refractivity contribution in [2.45, 2.75) is 12.8 Å². The first-order valence-electron chi connectivity index (χ1n) is 4.67. The molecule has 0 aliphatic carbocycles. The monoisotopic (exact) mass is 225 g/mol. The first kappa shape index (κ1) is 9.97. The van der Waals surface area contributed by atoms with Gasteiger partial charge in [-0.2, -0.15) is 0 Å². The molecule has 0 unspecified atom stereocenters. The summed E-state index contributed by atoms with van der Waals surface area (Å²) in [7, 11) is 0. The second kappa shape index (κ2) is 4.30. The lowest BCUT2D eigenvalue weighted by atomic mass is 10.1. The van der Waals surface area contributed by atoms with E-state index in [1.54, 1.807) is 11.3 Å². The summed E-state index contributed by atoms with van der Waals surface area (Å²) in [5.41, 5.74) is 6.87. The molecule has 0 bridgehead atoms. The van der Waals surface area contributed by atoms with E-state index in [1.165, 1.54) is 15.6 Å². The van der Waals surface area contributed by atoms with Gasteiger partial charge in [-0.25, -0.2) is 0 Å². The van der Waals surface area contributed by atoms with Crippen LogP contribution in [-0.4, -0.2) is 6.54 Å². The summed E-state index contributed by atoms with van der Waals surface area (Å²) in [4.78, 5) is 0. The summed E-state index contributed by atoms with van der Waals surface area (Å²) in [5, 5.41) is 4.30. The Morgan fingerprint density at radius 3 is 3.00 bits per heavy atom. The number of benzene rings is 1. The average molecular weight is 226 g/mol. The van der Waals surface area contributed by atoms with Crippen molar-refractivity contribution in [2.75, 3.05) is 6.54 Å². The van der Waals surface area contributed by atoms with Crippen LogP contribution >= 0.6 is 22.9 Å². The highest BCUT2D eigenvalue weighted by Gasteiger charge is 2.03. The van der Waals surface area contributed by atoms with Crippen LogP contribution in [0.15, 0.2) is 23.6 Å². The fraction of sp³-hybridized carbons (Fsp3) is 0.273. The molecular formula is C11H12ClNS. The minimum absolute atomic E-state index is 0.748. The number of nitrogens with two attached hydrogens (primary N) is 1. The summed E-state index contributed by atoms with van der Waals surface area (Å²) in [6, 6.07) is 6.06. The fourth-order valence-electron chi connectivity index (χ4n) is 1.54. The van der Waals surface area contributed by atoms with Crippen molar-refractivity contribution in [3.63, 3.8) is 0 Å². The van der Waals surface area contributed by atoms with E-state index in [0.717, 1.165) is 24.4 Å². The predicted octanol–water partition coefficient (Wildman–Crippen LogP) is 3.45. The molecule has 0 radical (unpaired) electrons. The first-order chi connectivity index (χ1) is 6.81. The van der Waals surface area contributed by atoms with Gasteiger partial charge in [-0.3, -0.25) is 0 Å². The summed E-state index contributed by atoms with van der Waals surface area (Å²) in [6.45, 7) is 0.748. The second-order valence-electron chi connectivity index (χ2n) is 3.29. The van der Waals surface area contributed by atoms with Crippen molar-refractivity contribution in [3.8, 4) is 0 Å². The van der Waals surface area contributed by atoms with Crippen LogP contribution in [0.4, 0.5) is 0 Å². The highest BCUT2D eigenvalue weighted by molar-refractivity contribution is 7.17. The zero-order chi connectivity index (χ0) is 9.97. The van der Waals surface area contributed by atoms with Crippen LogP contribution in [0, 0.1) is 0 Å². The number of fused-ring (bicyclic) bond motifs is 1. The smallest absolute Gasteiger partial charge is 0.0413 e. The van der Waals surface area contributed by atoms with Gasteiger partial charge < -0.3 is 5.73 Å². The molecule has 74 valence electrons. The minimum atomic E-state index is 0.748. The molecule has 0 aliphatic heterocycles. The lowest BCUT2D eigenvalue weighted by Crippen LogP contribution is -1.99. The van der Waals surface area contributed by atoms with Crippen LogP contribution in [-0.2, 0) is 6.42 Å². The maximum atomic E-state index is 5.96. The van der Waals surface area contributed by atoms with Crippen LogP contribution in [0.2, 0.25) is 5.02 Å². The number of rotatable bonds is 3. The Bertz CT molecular complexity index is 436. The van der Waals surface area contributed by atoms with E-state index in [9.17, 15) is 0 Å². The van der Waals surface area contributed by atoms with Gasteiger partial charge in [0.2, 0.25) is 0 Å². The van der Waals surface area contributed by atoms with Gasteiger partial charge >= 0.3 is 0 Å². The number of thiophene rings is 1. The molecule has 0 saturated heterocycles. The van der Waals surface area contributed by atoms with Gasteiger partial charge in [-0.15, -0.1) is 11.3 Å². The summed E-state index contributed by atoms with van der Waals surface area (Å²) in [6.07, 6.45) is 2.09. The molecule has 0 amide bonds. The highest BCUT2D eigenvalue weighted by Crippen LogP contribution is 2.29. The first-order valence-corrected chi connectivity index (χ1v) is 5.92. The zero-order valence-electron chi connectivity index (χ0n) is 7.79. The van der Waals surface area contributed by atoms with Gasteiger partial charge in [0, 0.05) is 9.72 Å². The number of aryl methyl sites for hydroxylation is 1. The standard InChI is InChI=1S/C11H12ClNS/c12-9-3-4-11-10(6-9)8(7-14-11)2-1-5-13/h3-4,6-7H,1-2,5,13H2. The molecule has 0 spiro atoms. The van der Waals surface area contributed by atoms with Crippen LogP contribution in [0.3, 0.4) is 0 Å². The van der Waals surface area contributed by atoms with E-state index in [-0.39, 0.29) is 0 Å². The van der Waals surface area contributed by atoms with Crippen molar-refractivity contribution in [2.24, 2.45) is 5.73 Å². The lowest BCUT2D eigenvalue weighted by molar-refractivity contribution is 0.839. The molecule has 2 aromatic rings. The van der Waals surface area contributed by atoms with Gasteiger partial charge in [-0.1, -0.05) is 11.6 Å². The van der Waals surface area contributed by atoms with Crippen molar-refractivity contribution in [3.05, 3.63) is 34.2 Å². The zero-order valence-corrected chi connectivity index (χ0v) is 9.37. The second-order valence-corrected chi connectivity index (χ2v) is 4.64. The van der Waals surface area contributed by atoms with E-state index in [2.05, 4.69) is 11.4 Å². The maximum absolute atomic E-state index is 5.96. The van der Waals surface area contributed by atoms with Crippen LogP contribution in [0.5, 0.6) is 0 Å². The third-order valence-electron chi connectivity index (χ3n) is 2.27. The summed E-state index contributed by atoms with van der Waals surface area (Å²) in [5.74, 6) is 0. The molecule has 0 atom stereocenters. The van der Waals surface area contributed by atoms with E-state index in [4.69, 9.17) is 17.3 Å². The molecule has 3 heteroatoms. The van der Waals surface area contributed by atoms with Crippen molar-refractivity contribution in [1.29, 1.82) is 0 Å². The lowest BCUT2D eigenvalue weighted by Gasteiger charge is -1.97. The average Bonchev–Trinajstić information content (AvgIpc) is 2.57. The molecule has 0 fully saturated rings. The predicted molar refractivity (Wildman–Crippen MR) is 64.2 cm³/mol. The Balaban J connectivity index is 2.40. The Morgan fingerprint density at radius 1 is 1.36 bits per heavy atom. The Kier molecular flexibility index (Phi) is 3.06. The van der Waals surface area contributed by atoms with Gasteiger partial charge in [0.15, 0.2) is 0 Å². The third-order valence-corrected chi connectivity index (χ3v) is 3.51. The fourth-order valence-corrected chi connectivity index (χ4v) is 2.69. The summed E-state index contributed by atoms with van der Waals surface area (Å²) >= 11 is 7.74. The normalized spacial score (nSPS) is 11.0. The molecule has 1 aromatic heterocycles. The van der Waals surface area contributed by atoms with Crippen LogP contribution in [0.1, 0.15) is 12.0 Å². The molecule has 0 aliphatic rings. The Labute approximate surface area is 92.5 Å². The molecule has 0 saturated carbocycles. The number of hydrogen-bond donors (Lipinski definition) is 1. The SMILES string of the molecule is NCCCc1csc2ccc(Cl)cc12. The van der Waals surface area contributed by atoms with Crippen LogP contribution in [0.25, 0.3) is 10.1 Å². The maximum Gasteiger partial charge on any atom is 0.0413 e. The van der Waals surface area contributed by atoms with Gasteiger partial charge in [0.25, 0.3) is 0 Å². The van der Waals surface area contributed by atoms with E-state index in [1.807, 2.05) is 12.1 Å². The Morgan fingerprint density at radius 2 is 2.21 bits per heavy atom. The Hall–Kier alpha value is -0.570. The largest absolute Gasteiger partial charge is 0.330 e. The molecule has 2 rings (SSSR count). The van der Waals surface area contributed by atoms with Gasteiger partial charge in [0.1, 0.15) is 0 Å². The van der Waals surface area contributed by atoms with Crippen molar-refractivity contribution in [1.82, 2.24) is 0 Å². The minimum Gasteiger partial charge on any atom is -0.330 e. The van der Waals surface area contributed by atoms with E-state index >= 15 is 0 Å². The number of hydrogen-bond acceptors (Lipinski definition) is 2. The van der Waals surface area contributed by atoms with E-state index < -0.39 is 0 Å². The molecular weight excluding hydrogens is 214 g/mol. The molecule has 1 nitrogen and oxygen atoms in total. The summed E-state index contributed by atoms with van der Waals surface area (Å²) < 4.78 is 1.31. The third kappa shape index (κ3) is 1.92. The molecule has 1 aromatic carbocycles. The topological polar surface area (TPSA) is 26.0 Å². The van der Waals surface area contributed by atoms with Crippen molar-refractivity contribution >= 4 is 33.0 Å². The molecule has 2 N–H and O–H groups in total. The molecule has 14 heavy (non-hydrogen) atoms. The highest BCUT2D eigenvalue weighted by atomic mass is 35.5. The van der Waals surface area contributed by atoms with E-state index in [0.29, 0.717) is 0 Å². The quantitative estimate of drug-likeness (QED) is 0.851. The van der Waals surface area contributed by atoms with Crippen molar-refractivity contribution < 1.29 is 0 Å². The van der Waals surface area contributed by atoms with Gasteiger partial charge in [0.05, 0.1) is 0 Å². The molecule has 1 heterocycles. The number of halogens is 1. The van der Waals surface area contributed by atoms with Gasteiger partial charge in [-0.05, 0) is 53.9 Å². The van der Waals surface area contributed by atoms with Crippen LogP contribution < -0.4 is 5.73 Å².